The van der Waals surface area contributed by atoms with Crippen LogP contribution in [0.3, 0.4) is 0 Å². The van der Waals surface area contributed by atoms with Gasteiger partial charge in [-0.05, 0) is 49.3 Å². The van der Waals surface area contributed by atoms with Crippen LogP contribution in [-0.2, 0) is 13.7 Å². The molecular formula is C24H23B3O6. The molecule has 0 atom stereocenters. The second-order valence-corrected chi connectivity index (χ2v) is 7.76. The van der Waals surface area contributed by atoms with E-state index in [0.29, 0.717) is 17.7 Å². The Hall–Kier alpha value is -3.13. The molecule has 0 amide bonds. The fraction of sp³-hybridized carbons (Fsp3) is 0.167. The Bertz CT molecular complexity index is 1050. The molecule has 1 aliphatic heterocycles. The molecule has 0 aromatic heterocycles. The van der Waals surface area contributed by atoms with Gasteiger partial charge < -0.3 is 18.5 Å². The van der Waals surface area contributed by atoms with Crippen LogP contribution in [0.15, 0.2) is 72.8 Å². The summed E-state index contributed by atoms with van der Waals surface area (Å²) >= 11 is 0. The van der Waals surface area contributed by atoms with Crippen LogP contribution in [0.25, 0.3) is 0 Å². The maximum atomic E-state index is 11.6. The topological polar surface area (TPSA) is 71.1 Å². The first-order chi connectivity index (χ1) is 15.9. The van der Waals surface area contributed by atoms with Gasteiger partial charge in [0, 0.05) is 11.1 Å². The maximum Gasteiger partial charge on any atom is 0.467 e. The first-order valence-electron chi connectivity index (χ1n) is 10.9. The molecular weight excluding hydrogens is 417 g/mol. The van der Waals surface area contributed by atoms with Crippen molar-refractivity contribution in [3.8, 4) is 5.75 Å². The van der Waals surface area contributed by atoms with Gasteiger partial charge in [0.05, 0.1) is 6.61 Å². The third-order valence-corrected chi connectivity index (χ3v) is 5.38. The molecule has 0 radical (unpaired) electrons. The van der Waals surface area contributed by atoms with Crippen molar-refractivity contribution < 1.29 is 28.0 Å². The Morgan fingerprint density at radius 2 is 0.970 bits per heavy atom. The second kappa shape index (κ2) is 10.2. The molecule has 1 heterocycles. The summed E-state index contributed by atoms with van der Waals surface area (Å²) in [5.41, 5.74) is 3.59. The number of benzene rings is 3. The van der Waals surface area contributed by atoms with Crippen LogP contribution in [0.1, 0.15) is 41.5 Å². The zero-order valence-electron chi connectivity index (χ0n) is 18.8. The monoisotopic (exact) mass is 440 g/mol. The van der Waals surface area contributed by atoms with Gasteiger partial charge in [-0.2, -0.15) is 0 Å². The quantitative estimate of drug-likeness (QED) is 0.414. The van der Waals surface area contributed by atoms with Crippen molar-refractivity contribution in [2.45, 2.75) is 20.8 Å². The maximum absolute atomic E-state index is 11.6. The second-order valence-electron chi connectivity index (χ2n) is 7.76. The van der Waals surface area contributed by atoms with Crippen molar-refractivity contribution in [1.82, 2.24) is 0 Å². The summed E-state index contributed by atoms with van der Waals surface area (Å²) in [5.74, 6) is 0.748. The molecule has 6 nitrogen and oxygen atoms in total. The molecule has 0 saturated carbocycles. The fourth-order valence-electron chi connectivity index (χ4n) is 3.54. The summed E-state index contributed by atoms with van der Waals surface area (Å²) in [6, 6.07) is 21.8. The molecule has 1 saturated heterocycles. The number of Topliss-reactive ketones (excluding diaryl/α,β-unsaturated/α-hetero) is 2. The van der Waals surface area contributed by atoms with E-state index in [-0.39, 0.29) is 11.6 Å². The molecule has 3 aromatic carbocycles. The highest BCUT2D eigenvalue weighted by molar-refractivity contribution is 6.87. The van der Waals surface area contributed by atoms with Crippen LogP contribution in [-0.4, -0.2) is 39.5 Å². The fourth-order valence-corrected chi connectivity index (χ4v) is 3.54. The van der Waals surface area contributed by atoms with E-state index in [2.05, 4.69) is 0 Å². The van der Waals surface area contributed by atoms with Crippen LogP contribution in [0, 0.1) is 0 Å². The Kier molecular flexibility index (Phi) is 7.13. The summed E-state index contributed by atoms with van der Waals surface area (Å²) in [6.07, 6.45) is 0. The Morgan fingerprint density at radius 1 is 0.636 bits per heavy atom. The first kappa shape index (κ1) is 23.0. The molecule has 0 unspecified atom stereocenters. The number of hydrogen-bond donors (Lipinski definition) is 0. The van der Waals surface area contributed by atoms with Gasteiger partial charge >= 0.3 is 21.4 Å². The standard InChI is InChI=1S/C24H23B3O6/c1-4-30-24-15-13-23(14-16-24)27-32-25(21-9-5-19(6-10-21)17(2)28)31-26(33-27)22-11-7-20(8-12-22)18(3)29/h5-16H,4H2,1-3H3. The third-order valence-electron chi connectivity index (χ3n) is 5.38. The minimum absolute atomic E-state index is 0.00827. The van der Waals surface area contributed by atoms with Crippen molar-refractivity contribution in [3.05, 3.63) is 83.9 Å². The van der Waals surface area contributed by atoms with Gasteiger partial charge in [0.15, 0.2) is 11.6 Å². The molecule has 0 N–H and O–H groups in total. The van der Waals surface area contributed by atoms with Crippen LogP contribution < -0.4 is 21.1 Å². The van der Waals surface area contributed by atoms with E-state index in [0.717, 1.165) is 22.1 Å². The van der Waals surface area contributed by atoms with Gasteiger partial charge in [-0.15, -0.1) is 0 Å². The summed E-state index contributed by atoms with van der Waals surface area (Å²) in [5, 5.41) is 0. The SMILES string of the molecule is CCOc1ccc(B2OB(c3ccc(C(C)=O)cc3)OB(c3ccc(C(C)=O)cc3)O2)cc1. The lowest BCUT2D eigenvalue weighted by atomic mass is 9.61. The summed E-state index contributed by atoms with van der Waals surface area (Å²) < 4.78 is 24.0. The predicted molar refractivity (Wildman–Crippen MR) is 130 cm³/mol. The van der Waals surface area contributed by atoms with Gasteiger partial charge in [0.25, 0.3) is 0 Å². The largest absolute Gasteiger partial charge is 0.494 e. The van der Waals surface area contributed by atoms with Crippen molar-refractivity contribution in [2.75, 3.05) is 6.61 Å². The molecule has 1 fully saturated rings. The zero-order valence-corrected chi connectivity index (χ0v) is 18.8. The summed E-state index contributed by atoms with van der Waals surface area (Å²) in [4.78, 5) is 23.3. The third kappa shape index (κ3) is 5.45. The molecule has 164 valence electrons. The minimum Gasteiger partial charge on any atom is -0.494 e. The summed E-state index contributed by atoms with van der Waals surface area (Å²) in [6.45, 7) is 5.57. The van der Waals surface area contributed by atoms with Gasteiger partial charge in [-0.1, -0.05) is 60.7 Å². The first-order valence-corrected chi connectivity index (χ1v) is 10.9. The van der Waals surface area contributed by atoms with E-state index in [1.165, 1.54) is 13.8 Å². The smallest absolute Gasteiger partial charge is 0.467 e. The molecule has 33 heavy (non-hydrogen) atoms. The molecule has 0 spiro atoms. The lowest BCUT2D eigenvalue weighted by Crippen LogP contribution is -2.61. The number of rotatable bonds is 7. The van der Waals surface area contributed by atoms with Crippen molar-refractivity contribution in [1.29, 1.82) is 0 Å². The number of carbonyl (C=O) groups excluding carboxylic acids is 2. The number of carbonyl (C=O) groups is 2. The van der Waals surface area contributed by atoms with Crippen molar-refractivity contribution in [2.24, 2.45) is 0 Å². The Labute approximate surface area is 194 Å². The lowest BCUT2D eigenvalue weighted by molar-refractivity contribution is 0.100. The van der Waals surface area contributed by atoms with Crippen LogP contribution in [0.2, 0.25) is 0 Å². The van der Waals surface area contributed by atoms with Crippen LogP contribution in [0.4, 0.5) is 0 Å². The molecule has 0 bridgehead atoms. The average molecular weight is 440 g/mol. The number of ketones is 2. The molecule has 3 aromatic rings. The molecule has 4 rings (SSSR count). The molecule has 9 heteroatoms. The summed E-state index contributed by atoms with van der Waals surface area (Å²) in [7, 11) is -2.12. The highest BCUT2D eigenvalue weighted by Crippen LogP contribution is 2.14. The van der Waals surface area contributed by atoms with E-state index in [1.807, 2.05) is 55.5 Å². The van der Waals surface area contributed by atoms with E-state index in [4.69, 9.17) is 18.5 Å². The van der Waals surface area contributed by atoms with Gasteiger partial charge in [0.1, 0.15) is 5.75 Å². The highest BCUT2D eigenvalue weighted by Gasteiger charge is 2.43. The Morgan fingerprint density at radius 3 is 1.27 bits per heavy atom. The lowest BCUT2D eigenvalue weighted by Gasteiger charge is -2.31. The average Bonchev–Trinajstić information content (AvgIpc) is 2.84. The highest BCUT2D eigenvalue weighted by atomic mass is 16.7. The van der Waals surface area contributed by atoms with Gasteiger partial charge in [-0.25, -0.2) is 0 Å². The van der Waals surface area contributed by atoms with Crippen LogP contribution >= 0.6 is 0 Å². The van der Waals surface area contributed by atoms with Crippen molar-refractivity contribution in [3.63, 3.8) is 0 Å². The van der Waals surface area contributed by atoms with Crippen molar-refractivity contribution >= 4 is 49.3 Å². The zero-order chi connectivity index (χ0) is 23.4. The van der Waals surface area contributed by atoms with E-state index < -0.39 is 21.4 Å². The predicted octanol–water partition coefficient (Wildman–Crippen LogP) is 2.04. The molecule has 1 aliphatic rings. The van der Waals surface area contributed by atoms with E-state index in [1.54, 1.807) is 24.3 Å². The minimum atomic E-state index is -0.714. The van der Waals surface area contributed by atoms with E-state index in [9.17, 15) is 9.59 Å². The van der Waals surface area contributed by atoms with Crippen LogP contribution in [0.5, 0.6) is 5.75 Å². The Balaban J connectivity index is 1.63. The number of ether oxygens (including phenoxy) is 1. The number of hydrogen-bond acceptors (Lipinski definition) is 6. The molecule has 0 aliphatic carbocycles. The van der Waals surface area contributed by atoms with Gasteiger partial charge in [-0.3, -0.25) is 9.59 Å². The van der Waals surface area contributed by atoms with Gasteiger partial charge in [0.2, 0.25) is 0 Å². The normalized spacial score (nSPS) is 13.7. The van der Waals surface area contributed by atoms with E-state index >= 15 is 0 Å².